The van der Waals surface area contributed by atoms with E-state index in [4.69, 9.17) is 9.15 Å². The van der Waals surface area contributed by atoms with Gasteiger partial charge >= 0.3 is 5.63 Å². The highest BCUT2D eigenvalue weighted by molar-refractivity contribution is 5.92. The minimum atomic E-state index is -0.423. The Bertz CT molecular complexity index is 913. The summed E-state index contributed by atoms with van der Waals surface area (Å²) in [4.78, 5) is 23.2. The van der Waals surface area contributed by atoms with Gasteiger partial charge in [-0.2, -0.15) is 0 Å². The van der Waals surface area contributed by atoms with Gasteiger partial charge in [0.15, 0.2) is 6.61 Å². The zero-order valence-corrected chi connectivity index (χ0v) is 13.2. The Hall–Kier alpha value is -3.08. The minimum absolute atomic E-state index is 0.127. The molecule has 0 radical (unpaired) electrons. The van der Waals surface area contributed by atoms with Crippen LogP contribution < -0.4 is 15.7 Å². The molecule has 122 valence electrons. The summed E-state index contributed by atoms with van der Waals surface area (Å²) >= 11 is 0. The number of anilines is 1. The van der Waals surface area contributed by atoms with Gasteiger partial charge in [0.25, 0.3) is 5.91 Å². The molecule has 1 amide bonds. The first kappa shape index (κ1) is 15.8. The van der Waals surface area contributed by atoms with Gasteiger partial charge in [-0.3, -0.25) is 4.79 Å². The van der Waals surface area contributed by atoms with E-state index in [9.17, 15) is 9.59 Å². The predicted molar refractivity (Wildman–Crippen MR) is 92.4 cm³/mol. The maximum Gasteiger partial charge on any atom is 0.336 e. The fraction of sp³-hybridized carbons (Fsp3) is 0.158. The molecule has 1 aromatic heterocycles. The van der Waals surface area contributed by atoms with E-state index in [2.05, 4.69) is 12.2 Å². The number of aryl methyl sites for hydroxylation is 1. The number of carbonyl (C=O) groups excluding carboxylic acids is 1. The Balaban J connectivity index is 1.62. The highest BCUT2D eigenvalue weighted by Gasteiger charge is 2.05. The third kappa shape index (κ3) is 3.81. The molecule has 0 bridgehead atoms. The monoisotopic (exact) mass is 323 g/mol. The fourth-order valence-electron chi connectivity index (χ4n) is 2.30. The minimum Gasteiger partial charge on any atom is -0.484 e. The van der Waals surface area contributed by atoms with Crippen molar-refractivity contribution in [3.8, 4) is 5.75 Å². The van der Waals surface area contributed by atoms with Crippen LogP contribution in [-0.2, 0) is 11.2 Å². The SMILES string of the molecule is CCc1ccc(NC(=O)COc2ccc3ccc(=O)oc3c2)cc1. The quantitative estimate of drug-likeness (QED) is 0.731. The molecule has 3 aromatic rings. The van der Waals surface area contributed by atoms with Gasteiger partial charge in [0.1, 0.15) is 11.3 Å². The van der Waals surface area contributed by atoms with Gasteiger partial charge in [0.2, 0.25) is 0 Å². The summed E-state index contributed by atoms with van der Waals surface area (Å²) in [6.07, 6.45) is 0.954. The Labute approximate surface area is 138 Å². The molecule has 24 heavy (non-hydrogen) atoms. The lowest BCUT2D eigenvalue weighted by molar-refractivity contribution is -0.118. The Morgan fingerprint density at radius 2 is 1.83 bits per heavy atom. The predicted octanol–water partition coefficient (Wildman–Crippen LogP) is 3.37. The van der Waals surface area contributed by atoms with Crippen molar-refractivity contribution in [1.29, 1.82) is 0 Å². The smallest absolute Gasteiger partial charge is 0.336 e. The molecule has 0 aliphatic rings. The number of nitrogens with one attached hydrogen (secondary N) is 1. The molecule has 5 nitrogen and oxygen atoms in total. The summed E-state index contributed by atoms with van der Waals surface area (Å²) in [6.45, 7) is 1.95. The van der Waals surface area contributed by atoms with Gasteiger partial charge in [-0.25, -0.2) is 4.79 Å². The highest BCUT2D eigenvalue weighted by atomic mass is 16.5. The van der Waals surface area contributed by atoms with Gasteiger partial charge in [-0.1, -0.05) is 19.1 Å². The Morgan fingerprint density at radius 3 is 2.58 bits per heavy atom. The number of rotatable bonds is 5. The molecule has 1 heterocycles. The van der Waals surface area contributed by atoms with Crippen LogP contribution in [0.2, 0.25) is 0 Å². The zero-order chi connectivity index (χ0) is 16.9. The second-order valence-electron chi connectivity index (χ2n) is 5.34. The highest BCUT2D eigenvalue weighted by Crippen LogP contribution is 2.19. The first-order valence-electron chi connectivity index (χ1n) is 7.69. The summed E-state index contributed by atoms with van der Waals surface area (Å²) in [5.41, 5.74) is 1.94. The van der Waals surface area contributed by atoms with Crippen molar-refractivity contribution in [1.82, 2.24) is 0 Å². The number of benzene rings is 2. The van der Waals surface area contributed by atoms with Gasteiger partial charge in [-0.05, 0) is 42.3 Å². The molecular weight excluding hydrogens is 306 g/mol. The third-order valence-electron chi connectivity index (χ3n) is 3.61. The van der Waals surface area contributed by atoms with Crippen molar-refractivity contribution in [3.63, 3.8) is 0 Å². The summed E-state index contributed by atoms with van der Waals surface area (Å²) in [6, 6.07) is 15.8. The zero-order valence-electron chi connectivity index (χ0n) is 13.2. The van der Waals surface area contributed by atoms with Crippen molar-refractivity contribution in [2.45, 2.75) is 13.3 Å². The molecule has 0 atom stereocenters. The van der Waals surface area contributed by atoms with Crippen LogP contribution in [0.25, 0.3) is 11.0 Å². The Morgan fingerprint density at radius 1 is 1.08 bits per heavy atom. The molecule has 0 unspecified atom stereocenters. The number of carbonyl (C=O) groups is 1. The molecule has 3 rings (SSSR count). The van der Waals surface area contributed by atoms with Crippen molar-refractivity contribution in [2.24, 2.45) is 0 Å². The van der Waals surface area contributed by atoms with Crippen LogP contribution in [0.3, 0.4) is 0 Å². The molecule has 5 heteroatoms. The standard InChI is InChI=1S/C19H17NO4/c1-2-13-3-7-15(8-4-13)20-18(21)12-23-16-9-5-14-6-10-19(22)24-17(14)11-16/h3-11H,2,12H2,1H3,(H,20,21). The van der Waals surface area contributed by atoms with Gasteiger partial charge < -0.3 is 14.5 Å². The largest absolute Gasteiger partial charge is 0.484 e. The van der Waals surface area contributed by atoms with E-state index in [1.807, 2.05) is 24.3 Å². The van der Waals surface area contributed by atoms with Crippen molar-refractivity contribution < 1.29 is 13.9 Å². The molecule has 0 fully saturated rings. The van der Waals surface area contributed by atoms with Crippen LogP contribution in [0.5, 0.6) is 5.75 Å². The second kappa shape index (κ2) is 7.00. The summed E-state index contributed by atoms with van der Waals surface area (Å²) < 4.78 is 10.5. The molecule has 0 saturated carbocycles. The van der Waals surface area contributed by atoms with Crippen molar-refractivity contribution in [3.05, 3.63) is 70.6 Å². The van der Waals surface area contributed by atoms with Gasteiger partial charge in [0, 0.05) is 23.2 Å². The molecule has 0 aliphatic heterocycles. The van der Waals surface area contributed by atoms with E-state index >= 15 is 0 Å². The van der Waals surface area contributed by atoms with Crippen molar-refractivity contribution >= 4 is 22.6 Å². The normalized spacial score (nSPS) is 10.5. The van der Waals surface area contributed by atoms with E-state index < -0.39 is 5.63 Å². The molecule has 0 spiro atoms. The fourth-order valence-corrected chi connectivity index (χ4v) is 2.30. The second-order valence-corrected chi connectivity index (χ2v) is 5.34. The topological polar surface area (TPSA) is 68.5 Å². The maximum absolute atomic E-state index is 11.9. The Kier molecular flexibility index (Phi) is 4.61. The molecule has 1 N–H and O–H groups in total. The number of fused-ring (bicyclic) bond motifs is 1. The number of hydrogen-bond donors (Lipinski definition) is 1. The summed E-state index contributed by atoms with van der Waals surface area (Å²) in [5, 5.41) is 3.57. The molecule has 2 aromatic carbocycles. The summed E-state index contributed by atoms with van der Waals surface area (Å²) in [7, 11) is 0. The third-order valence-corrected chi connectivity index (χ3v) is 3.61. The number of ether oxygens (including phenoxy) is 1. The van der Waals surface area contributed by atoms with Gasteiger partial charge in [0.05, 0.1) is 0 Å². The first-order chi connectivity index (χ1) is 11.6. The van der Waals surface area contributed by atoms with E-state index in [0.717, 1.165) is 17.5 Å². The molecule has 0 saturated heterocycles. The van der Waals surface area contributed by atoms with Crippen molar-refractivity contribution in [2.75, 3.05) is 11.9 Å². The number of amides is 1. The summed E-state index contributed by atoms with van der Waals surface area (Å²) in [5.74, 6) is 0.210. The van der Waals surface area contributed by atoms with Crippen LogP contribution in [-0.4, -0.2) is 12.5 Å². The molecule has 0 aliphatic carbocycles. The van der Waals surface area contributed by atoms with E-state index in [-0.39, 0.29) is 12.5 Å². The lowest BCUT2D eigenvalue weighted by Crippen LogP contribution is -2.20. The van der Waals surface area contributed by atoms with E-state index in [1.54, 1.807) is 24.3 Å². The maximum atomic E-state index is 11.9. The lowest BCUT2D eigenvalue weighted by Gasteiger charge is -2.08. The molecular formula is C19H17NO4. The van der Waals surface area contributed by atoms with E-state index in [1.165, 1.54) is 11.6 Å². The van der Waals surface area contributed by atoms with Crippen LogP contribution in [0.4, 0.5) is 5.69 Å². The lowest BCUT2D eigenvalue weighted by atomic mass is 10.1. The van der Waals surface area contributed by atoms with Crippen LogP contribution in [0.15, 0.2) is 63.8 Å². The van der Waals surface area contributed by atoms with Crippen LogP contribution in [0.1, 0.15) is 12.5 Å². The van der Waals surface area contributed by atoms with Crippen LogP contribution >= 0.6 is 0 Å². The van der Waals surface area contributed by atoms with Gasteiger partial charge in [-0.15, -0.1) is 0 Å². The average Bonchev–Trinajstić information content (AvgIpc) is 2.60. The van der Waals surface area contributed by atoms with E-state index in [0.29, 0.717) is 11.3 Å². The number of hydrogen-bond acceptors (Lipinski definition) is 4. The van der Waals surface area contributed by atoms with Crippen LogP contribution in [0, 0.1) is 0 Å². The first-order valence-corrected chi connectivity index (χ1v) is 7.69. The average molecular weight is 323 g/mol.